The van der Waals surface area contributed by atoms with Crippen molar-refractivity contribution in [2.75, 3.05) is 13.2 Å². The number of unbranched alkanes of at least 4 members (excludes halogenated alkanes) is 23. The summed E-state index contributed by atoms with van der Waals surface area (Å²) in [5.74, 6) is -0.178. The van der Waals surface area contributed by atoms with Gasteiger partial charge in [-0.3, -0.25) is 4.79 Å². The summed E-state index contributed by atoms with van der Waals surface area (Å²) in [6.07, 6.45) is 26.9. The van der Waals surface area contributed by atoms with Crippen molar-refractivity contribution in [3.8, 4) is 0 Å². The summed E-state index contributed by atoms with van der Waals surface area (Å²) in [5.41, 5.74) is 0. The van der Waals surface area contributed by atoms with Crippen LogP contribution in [0, 0.1) is 0 Å². The fourth-order valence-corrected chi connectivity index (χ4v) is 6.51. The lowest BCUT2D eigenvalue weighted by Crippen LogP contribution is -2.60. The summed E-state index contributed by atoms with van der Waals surface area (Å²) >= 11 is 0. The zero-order chi connectivity index (χ0) is 36.0. The quantitative estimate of drug-likeness (QED) is 0.0307. The van der Waals surface area contributed by atoms with E-state index in [0.717, 1.165) is 38.5 Å². The zero-order valence-corrected chi connectivity index (χ0v) is 31.5. The van der Waals surface area contributed by atoms with Crippen LogP contribution in [-0.2, 0) is 14.3 Å². The molecule has 9 heteroatoms. The van der Waals surface area contributed by atoms with E-state index in [4.69, 9.17) is 9.47 Å². The van der Waals surface area contributed by atoms with E-state index in [-0.39, 0.29) is 12.5 Å². The number of amides is 1. The van der Waals surface area contributed by atoms with Gasteiger partial charge in [0.2, 0.25) is 5.91 Å². The lowest BCUT2D eigenvalue weighted by Gasteiger charge is -2.40. The molecule has 49 heavy (non-hydrogen) atoms. The molecule has 0 spiro atoms. The Kier molecular flexibility index (Phi) is 29.7. The lowest BCUT2D eigenvalue weighted by molar-refractivity contribution is -0.302. The van der Waals surface area contributed by atoms with Gasteiger partial charge in [-0.1, -0.05) is 167 Å². The molecule has 290 valence electrons. The highest BCUT2D eigenvalue weighted by Crippen LogP contribution is 2.22. The van der Waals surface area contributed by atoms with Crippen LogP contribution in [0.3, 0.4) is 0 Å². The van der Waals surface area contributed by atoms with E-state index in [0.29, 0.717) is 6.42 Å². The molecule has 0 saturated carbocycles. The van der Waals surface area contributed by atoms with Crippen LogP contribution in [0.15, 0.2) is 12.2 Å². The first kappa shape index (κ1) is 46.0. The average molecular weight is 700 g/mol. The predicted octanol–water partition coefficient (Wildman–Crippen LogP) is 7.39. The highest BCUT2D eigenvalue weighted by molar-refractivity contribution is 5.76. The van der Waals surface area contributed by atoms with E-state index < -0.39 is 49.5 Å². The Balaban J connectivity index is 2.35. The number of allylic oxidation sites excluding steroid dienone is 1. The van der Waals surface area contributed by atoms with Crippen LogP contribution in [0.25, 0.3) is 0 Å². The van der Waals surface area contributed by atoms with Crippen molar-refractivity contribution in [1.29, 1.82) is 0 Å². The minimum atomic E-state index is -1.56. The van der Waals surface area contributed by atoms with E-state index in [1.54, 1.807) is 6.08 Å². The van der Waals surface area contributed by atoms with Gasteiger partial charge < -0.3 is 40.3 Å². The second kappa shape index (κ2) is 31.6. The first-order chi connectivity index (χ1) is 23.8. The van der Waals surface area contributed by atoms with Gasteiger partial charge in [-0.15, -0.1) is 0 Å². The Bertz CT molecular complexity index is 781. The topological polar surface area (TPSA) is 149 Å². The van der Waals surface area contributed by atoms with Crippen LogP contribution in [-0.4, -0.2) is 87.5 Å². The molecular formula is C40H77NO8. The van der Waals surface area contributed by atoms with Crippen molar-refractivity contribution >= 4 is 5.91 Å². The van der Waals surface area contributed by atoms with Gasteiger partial charge in [-0.25, -0.2) is 0 Å². The van der Waals surface area contributed by atoms with Gasteiger partial charge in [-0.2, -0.15) is 0 Å². The maximum Gasteiger partial charge on any atom is 0.220 e. The third kappa shape index (κ3) is 23.2. The Morgan fingerprint density at radius 2 is 1.12 bits per heavy atom. The second-order valence-corrected chi connectivity index (χ2v) is 14.4. The first-order valence-corrected chi connectivity index (χ1v) is 20.4. The molecule has 0 aromatic carbocycles. The molecule has 1 heterocycles. The van der Waals surface area contributed by atoms with Gasteiger partial charge in [0.15, 0.2) is 6.29 Å². The monoisotopic (exact) mass is 700 g/mol. The summed E-state index contributed by atoms with van der Waals surface area (Å²) < 4.78 is 11.1. The van der Waals surface area contributed by atoms with Crippen LogP contribution >= 0.6 is 0 Å². The van der Waals surface area contributed by atoms with E-state index >= 15 is 0 Å². The molecule has 6 N–H and O–H groups in total. The lowest BCUT2D eigenvalue weighted by atomic mass is 9.99. The molecule has 1 fully saturated rings. The molecule has 1 saturated heterocycles. The predicted molar refractivity (Wildman–Crippen MR) is 198 cm³/mol. The summed E-state index contributed by atoms with van der Waals surface area (Å²) in [7, 11) is 0. The van der Waals surface area contributed by atoms with E-state index in [1.165, 1.54) is 122 Å². The number of carbonyl (C=O) groups is 1. The second-order valence-electron chi connectivity index (χ2n) is 14.4. The summed E-state index contributed by atoms with van der Waals surface area (Å²) in [4.78, 5) is 12.9. The molecular weight excluding hydrogens is 622 g/mol. The molecule has 1 amide bonds. The zero-order valence-electron chi connectivity index (χ0n) is 31.5. The van der Waals surface area contributed by atoms with Crippen LogP contribution < -0.4 is 5.32 Å². The number of hydrogen-bond acceptors (Lipinski definition) is 8. The molecule has 9 nitrogen and oxygen atoms in total. The molecule has 0 radical (unpaired) electrons. The molecule has 7 atom stereocenters. The van der Waals surface area contributed by atoms with Crippen LogP contribution in [0.2, 0.25) is 0 Å². The third-order valence-electron chi connectivity index (χ3n) is 9.86. The standard InChI is InChI=1S/C40H77NO8/c1-3-5-7-9-11-13-14-15-16-17-18-19-20-22-24-26-28-30-36(44)41-33(34(43)29-27-25-23-21-12-10-8-6-4-2)32-48-40-39(47)38(46)37(45)35(31-42)49-40/h27,29,33-35,37-40,42-43,45-47H,3-26,28,30-32H2,1-2H3,(H,41,44)/b29-27+/t33-,34+,35-,37-,38?,39?,40-/m0/s1. The highest BCUT2D eigenvalue weighted by atomic mass is 16.7. The minimum absolute atomic E-state index is 0.178. The van der Waals surface area contributed by atoms with Crippen molar-refractivity contribution < 1.29 is 39.8 Å². The van der Waals surface area contributed by atoms with Gasteiger partial charge in [0.25, 0.3) is 0 Å². The number of aliphatic hydroxyl groups is 5. The van der Waals surface area contributed by atoms with Crippen LogP contribution in [0.1, 0.15) is 181 Å². The van der Waals surface area contributed by atoms with Crippen molar-refractivity contribution in [1.82, 2.24) is 5.32 Å². The number of hydrogen-bond donors (Lipinski definition) is 6. The molecule has 0 aromatic rings. The Labute approximate surface area is 299 Å². The van der Waals surface area contributed by atoms with Gasteiger partial charge in [0, 0.05) is 6.42 Å². The smallest absolute Gasteiger partial charge is 0.220 e. The van der Waals surface area contributed by atoms with Crippen LogP contribution in [0.4, 0.5) is 0 Å². The summed E-state index contributed by atoms with van der Waals surface area (Å²) in [6.45, 7) is 3.73. The fourth-order valence-electron chi connectivity index (χ4n) is 6.51. The van der Waals surface area contributed by atoms with Gasteiger partial charge in [0.1, 0.15) is 24.4 Å². The molecule has 1 aliphatic rings. The number of carbonyl (C=O) groups excluding carboxylic acids is 1. The van der Waals surface area contributed by atoms with Crippen molar-refractivity contribution in [3.05, 3.63) is 12.2 Å². The molecule has 1 aliphatic heterocycles. The molecule has 0 aliphatic carbocycles. The fraction of sp³-hybridized carbons (Fsp3) is 0.925. The molecule has 1 rings (SSSR count). The molecule has 2 unspecified atom stereocenters. The van der Waals surface area contributed by atoms with Crippen molar-refractivity contribution in [3.63, 3.8) is 0 Å². The van der Waals surface area contributed by atoms with Gasteiger partial charge in [-0.05, 0) is 19.3 Å². The highest BCUT2D eigenvalue weighted by Gasteiger charge is 2.44. The number of nitrogens with one attached hydrogen (secondary N) is 1. The first-order valence-electron chi connectivity index (χ1n) is 20.4. The molecule has 0 bridgehead atoms. The van der Waals surface area contributed by atoms with E-state index in [9.17, 15) is 30.3 Å². The van der Waals surface area contributed by atoms with Crippen molar-refractivity contribution in [2.24, 2.45) is 0 Å². The SMILES string of the molecule is CCCCCCCCC/C=C/[C@@H](O)[C@H](CO[C@H]1O[C@@H](CO)[C@H](O)C(O)C1O)NC(=O)CCCCCCCCCCCCCCCCCCC. The average Bonchev–Trinajstić information content (AvgIpc) is 3.10. The summed E-state index contributed by atoms with van der Waals surface area (Å²) in [6, 6.07) is -0.795. The normalized spacial score (nSPS) is 22.5. The minimum Gasteiger partial charge on any atom is -0.394 e. The van der Waals surface area contributed by atoms with Crippen LogP contribution in [0.5, 0.6) is 0 Å². The molecule has 0 aromatic heterocycles. The Morgan fingerprint density at radius 1 is 0.673 bits per heavy atom. The van der Waals surface area contributed by atoms with E-state index in [2.05, 4.69) is 19.2 Å². The number of ether oxygens (including phenoxy) is 2. The van der Waals surface area contributed by atoms with E-state index in [1.807, 2.05) is 6.08 Å². The maximum atomic E-state index is 12.9. The summed E-state index contributed by atoms with van der Waals surface area (Å²) in [5, 5.41) is 53.8. The maximum absolute atomic E-state index is 12.9. The largest absolute Gasteiger partial charge is 0.394 e. The number of aliphatic hydroxyl groups excluding tert-OH is 5. The Morgan fingerprint density at radius 3 is 1.59 bits per heavy atom. The third-order valence-corrected chi connectivity index (χ3v) is 9.86. The van der Waals surface area contributed by atoms with Gasteiger partial charge in [0.05, 0.1) is 25.4 Å². The van der Waals surface area contributed by atoms with Crippen molar-refractivity contribution in [2.45, 2.75) is 224 Å². The Hall–Kier alpha value is -1.07. The van der Waals surface area contributed by atoms with Gasteiger partial charge >= 0.3 is 0 Å². The number of rotatable bonds is 33.